The number of ether oxygens (including phenoxy) is 1. The van der Waals surface area contributed by atoms with E-state index in [1.807, 2.05) is 0 Å². The van der Waals surface area contributed by atoms with Crippen molar-refractivity contribution in [2.24, 2.45) is 5.92 Å². The van der Waals surface area contributed by atoms with Crippen molar-refractivity contribution < 1.29 is 23.5 Å². The van der Waals surface area contributed by atoms with E-state index in [2.05, 4.69) is 4.74 Å². The minimum atomic E-state index is -0.596. The SMILES string of the molecule is O=C(c1ccco1)N1CC(CN2C(=O)COC2=O)C1. The van der Waals surface area contributed by atoms with Gasteiger partial charge in [0, 0.05) is 25.6 Å². The third-order valence-corrected chi connectivity index (χ3v) is 3.26. The molecule has 0 aliphatic carbocycles. The van der Waals surface area contributed by atoms with Crippen LogP contribution in [0.15, 0.2) is 22.8 Å². The summed E-state index contributed by atoms with van der Waals surface area (Å²) in [6, 6.07) is 3.26. The Bertz CT molecular complexity index is 502. The van der Waals surface area contributed by atoms with Crippen LogP contribution in [0, 0.1) is 5.92 Å². The lowest BCUT2D eigenvalue weighted by Gasteiger charge is -2.39. The Hall–Kier alpha value is -2.31. The van der Waals surface area contributed by atoms with E-state index in [9.17, 15) is 14.4 Å². The molecule has 0 atom stereocenters. The second kappa shape index (κ2) is 4.42. The molecule has 0 unspecified atom stereocenters. The van der Waals surface area contributed by atoms with Gasteiger partial charge in [-0.3, -0.25) is 9.59 Å². The highest BCUT2D eigenvalue weighted by Gasteiger charge is 2.38. The molecule has 2 aliphatic rings. The number of cyclic esters (lactones) is 1. The molecule has 2 fully saturated rings. The van der Waals surface area contributed by atoms with Crippen LogP contribution >= 0.6 is 0 Å². The summed E-state index contributed by atoms with van der Waals surface area (Å²) in [5.41, 5.74) is 0. The average molecular weight is 264 g/mol. The Morgan fingerprint density at radius 3 is 2.74 bits per heavy atom. The molecule has 0 spiro atoms. The summed E-state index contributed by atoms with van der Waals surface area (Å²) in [4.78, 5) is 37.2. The molecule has 2 saturated heterocycles. The van der Waals surface area contributed by atoms with Crippen molar-refractivity contribution >= 4 is 17.9 Å². The van der Waals surface area contributed by atoms with Crippen LogP contribution < -0.4 is 0 Å². The van der Waals surface area contributed by atoms with Gasteiger partial charge in [0.15, 0.2) is 12.4 Å². The van der Waals surface area contributed by atoms with Crippen LogP contribution in [0.3, 0.4) is 0 Å². The summed E-state index contributed by atoms with van der Waals surface area (Å²) >= 11 is 0. The zero-order chi connectivity index (χ0) is 13.4. The molecule has 0 radical (unpaired) electrons. The second-order valence-electron chi connectivity index (χ2n) is 4.61. The lowest BCUT2D eigenvalue weighted by atomic mass is 9.99. The number of hydrogen-bond acceptors (Lipinski definition) is 5. The minimum absolute atomic E-state index is 0.105. The van der Waals surface area contributed by atoms with Crippen molar-refractivity contribution in [3.63, 3.8) is 0 Å². The van der Waals surface area contributed by atoms with Gasteiger partial charge in [-0.15, -0.1) is 0 Å². The first-order valence-electron chi connectivity index (χ1n) is 5.95. The monoisotopic (exact) mass is 264 g/mol. The van der Waals surface area contributed by atoms with Gasteiger partial charge in [-0.1, -0.05) is 0 Å². The Morgan fingerprint density at radius 1 is 1.37 bits per heavy atom. The van der Waals surface area contributed by atoms with E-state index in [-0.39, 0.29) is 24.3 Å². The average Bonchev–Trinajstić information content (AvgIpc) is 2.96. The minimum Gasteiger partial charge on any atom is -0.459 e. The van der Waals surface area contributed by atoms with E-state index in [1.165, 1.54) is 6.26 Å². The summed E-state index contributed by atoms with van der Waals surface area (Å²) in [7, 11) is 0. The van der Waals surface area contributed by atoms with Gasteiger partial charge in [-0.25, -0.2) is 9.69 Å². The quantitative estimate of drug-likeness (QED) is 0.786. The van der Waals surface area contributed by atoms with Crippen molar-refractivity contribution in [3.8, 4) is 0 Å². The first-order chi connectivity index (χ1) is 9.15. The summed E-state index contributed by atoms with van der Waals surface area (Å²) < 4.78 is 9.65. The van der Waals surface area contributed by atoms with Crippen LogP contribution in [0.4, 0.5) is 4.79 Å². The van der Waals surface area contributed by atoms with Crippen LogP contribution in [0.2, 0.25) is 0 Å². The fourth-order valence-electron chi connectivity index (χ4n) is 2.22. The molecule has 3 heterocycles. The van der Waals surface area contributed by atoms with Gasteiger partial charge < -0.3 is 14.1 Å². The Balaban J connectivity index is 1.52. The van der Waals surface area contributed by atoms with Crippen LogP contribution in [0.1, 0.15) is 10.6 Å². The third kappa shape index (κ3) is 2.07. The molecule has 3 amide bonds. The van der Waals surface area contributed by atoms with Crippen molar-refractivity contribution in [2.45, 2.75) is 0 Å². The molecule has 2 aliphatic heterocycles. The van der Waals surface area contributed by atoms with E-state index in [1.54, 1.807) is 17.0 Å². The van der Waals surface area contributed by atoms with Crippen molar-refractivity contribution in [1.82, 2.24) is 9.80 Å². The van der Waals surface area contributed by atoms with E-state index in [4.69, 9.17) is 4.42 Å². The van der Waals surface area contributed by atoms with Crippen LogP contribution in [0.5, 0.6) is 0 Å². The van der Waals surface area contributed by atoms with Gasteiger partial charge in [0.1, 0.15) is 0 Å². The fourth-order valence-corrected chi connectivity index (χ4v) is 2.22. The molecule has 0 bridgehead atoms. The zero-order valence-electron chi connectivity index (χ0n) is 10.1. The lowest BCUT2D eigenvalue weighted by molar-refractivity contribution is -0.126. The maximum Gasteiger partial charge on any atom is 0.417 e. The third-order valence-electron chi connectivity index (χ3n) is 3.26. The number of furan rings is 1. The number of likely N-dealkylation sites (tertiary alicyclic amines) is 1. The molecule has 100 valence electrons. The maximum absolute atomic E-state index is 11.9. The number of nitrogens with zero attached hydrogens (tertiary/aromatic N) is 2. The normalized spacial score (nSPS) is 19.6. The van der Waals surface area contributed by atoms with Crippen molar-refractivity contribution in [3.05, 3.63) is 24.2 Å². The zero-order valence-corrected chi connectivity index (χ0v) is 10.1. The van der Waals surface area contributed by atoms with Crippen molar-refractivity contribution in [1.29, 1.82) is 0 Å². The largest absolute Gasteiger partial charge is 0.459 e. The highest BCUT2D eigenvalue weighted by Crippen LogP contribution is 2.21. The highest BCUT2D eigenvalue weighted by molar-refractivity contribution is 5.97. The number of rotatable bonds is 3. The van der Waals surface area contributed by atoms with Gasteiger partial charge in [0.2, 0.25) is 0 Å². The van der Waals surface area contributed by atoms with Crippen LogP contribution in [-0.2, 0) is 9.53 Å². The Morgan fingerprint density at radius 2 is 2.16 bits per heavy atom. The van der Waals surface area contributed by atoms with E-state index < -0.39 is 6.09 Å². The van der Waals surface area contributed by atoms with E-state index in [0.29, 0.717) is 25.4 Å². The van der Waals surface area contributed by atoms with E-state index in [0.717, 1.165) is 4.90 Å². The standard InChI is InChI=1S/C12H12N2O5/c15-10-7-19-12(17)14(10)6-8-4-13(5-8)11(16)9-2-1-3-18-9/h1-3,8H,4-7H2. The first kappa shape index (κ1) is 11.8. The molecule has 0 saturated carbocycles. The molecule has 1 aromatic rings. The maximum atomic E-state index is 11.9. The molecule has 7 heteroatoms. The Labute approximate surface area is 108 Å². The molecule has 3 rings (SSSR count). The van der Waals surface area contributed by atoms with Gasteiger partial charge in [0.05, 0.1) is 6.26 Å². The molecule has 19 heavy (non-hydrogen) atoms. The molecular weight excluding hydrogens is 252 g/mol. The van der Waals surface area contributed by atoms with Crippen LogP contribution in [-0.4, -0.2) is 53.9 Å². The molecule has 7 nitrogen and oxygen atoms in total. The summed E-state index contributed by atoms with van der Waals surface area (Å²) in [5.74, 6) is -0.0824. The Kier molecular flexibility index (Phi) is 2.73. The summed E-state index contributed by atoms with van der Waals surface area (Å²) in [6.07, 6.45) is 0.851. The molecule has 1 aromatic heterocycles. The predicted molar refractivity (Wildman–Crippen MR) is 61.2 cm³/mol. The smallest absolute Gasteiger partial charge is 0.417 e. The summed E-state index contributed by atoms with van der Waals surface area (Å²) in [5, 5.41) is 0. The van der Waals surface area contributed by atoms with Crippen LogP contribution in [0.25, 0.3) is 0 Å². The molecule has 0 aromatic carbocycles. The lowest BCUT2D eigenvalue weighted by Crippen LogP contribution is -2.54. The van der Waals surface area contributed by atoms with Gasteiger partial charge in [-0.05, 0) is 12.1 Å². The fraction of sp³-hybridized carbons (Fsp3) is 0.417. The number of carbonyl (C=O) groups is 3. The summed E-state index contributed by atoms with van der Waals surface area (Å²) in [6.45, 7) is 1.15. The second-order valence-corrected chi connectivity index (χ2v) is 4.61. The molecule has 0 N–H and O–H groups in total. The number of hydrogen-bond donors (Lipinski definition) is 0. The number of amides is 3. The topological polar surface area (TPSA) is 80.1 Å². The van der Waals surface area contributed by atoms with Gasteiger partial charge in [-0.2, -0.15) is 0 Å². The van der Waals surface area contributed by atoms with Crippen molar-refractivity contribution in [2.75, 3.05) is 26.2 Å². The number of imide groups is 1. The van der Waals surface area contributed by atoms with Gasteiger partial charge >= 0.3 is 6.09 Å². The predicted octanol–water partition coefficient (Wildman–Crippen LogP) is 0.330. The van der Waals surface area contributed by atoms with E-state index >= 15 is 0 Å². The number of carbonyl (C=O) groups excluding carboxylic acids is 3. The van der Waals surface area contributed by atoms with Gasteiger partial charge in [0.25, 0.3) is 11.8 Å². The first-order valence-corrected chi connectivity index (χ1v) is 5.95. The highest BCUT2D eigenvalue weighted by atomic mass is 16.6. The molecular formula is C12H12N2O5.